The number of benzene rings is 2. The van der Waals surface area contributed by atoms with Gasteiger partial charge in [-0.3, -0.25) is 25.2 Å². The summed E-state index contributed by atoms with van der Waals surface area (Å²) in [5.74, 6) is -2.24. The zero-order valence-electron chi connectivity index (χ0n) is 23.0. The molecule has 0 radical (unpaired) electrons. The van der Waals surface area contributed by atoms with Crippen LogP contribution in [0.2, 0.25) is 0 Å². The van der Waals surface area contributed by atoms with Crippen molar-refractivity contribution in [2.24, 2.45) is 23.3 Å². The quantitative estimate of drug-likeness (QED) is 0.138. The third kappa shape index (κ3) is 8.81. The summed E-state index contributed by atoms with van der Waals surface area (Å²) in [7, 11) is 3.20. The number of hydrogen-bond acceptors (Lipinski definition) is 5. The van der Waals surface area contributed by atoms with Crippen LogP contribution in [0.15, 0.2) is 48.5 Å². The molecule has 0 heterocycles. The summed E-state index contributed by atoms with van der Waals surface area (Å²) >= 11 is 0. The largest absolute Gasteiger partial charge is 0.384 e. The predicted octanol–water partition coefficient (Wildman–Crippen LogP) is 2.30. The van der Waals surface area contributed by atoms with Crippen LogP contribution in [0.5, 0.6) is 0 Å². The number of carbonyl (C=O) groups is 3. The van der Waals surface area contributed by atoms with Crippen molar-refractivity contribution in [2.75, 3.05) is 14.1 Å². The molecule has 0 spiro atoms. The van der Waals surface area contributed by atoms with Crippen molar-refractivity contribution in [3.63, 3.8) is 0 Å². The fraction of sp³-hybridized carbons (Fsp3) is 0.414. The molecule has 1 fully saturated rings. The van der Waals surface area contributed by atoms with E-state index in [9.17, 15) is 14.4 Å². The van der Waals surface area contributed by atoms with Gasteiger partial charge < -0.3 is 27.0 Å². The van der Waals surface area contributed by atoms with Gasteiger partial charge in [0.15, 0.2) is 0 Å². The minimum Gasteiger partial charge on any atom is -0.384 e. The second kappa shape index (κ2) is 15.0. The fourth-order valence-corrected chi connectivity index (χ4v) is 4.88. The first kappa shape index (κ1) is 32.3. The molecule has 2 aromatic carbocycles. The van der Waals surface area contributed by atoms with Gasteiger partial charge in [0.1, 0.15) is 23.6 Å². The molecule has 8 N–H and O–H groups in total. The zero-order valence-corrected chi connectivity index (χ0v) is 23.9. The number of rotatable bonds is 11. The first-order valence-corrected chi connectivity index (χ1v) is 13.2. The molecule has 0 bridgehead atoms. The fourth-order valence-electron chi connectivity index (χ4n) is 4.88. The molecule has 216 valence electrons. The lowest BCUT2D eigenvalue weighted by molar-refractivity contribution is -0.142. The summed E-state index contributed by atoms with van der Waals surface area (Å²) < 4.78 is 0. The highest BCUT2D eigenvalue weighted by atomic mass is 35.5. The number of nitrogens with one attached hydrogen (secondary N) is 4. The highest BCUT2D eigenvalue weighted by Crippen LogP contribution is 2.27. The normalized spacial score (nSPS) is 14.7. The minimum atomic E-state index is -1.01. The summed E-state index contributed by atoms with van der Waals surface area (Å²) in [5, 5.41) is 21.0. The zero-order chi connectivity index (χ0) is 28.5. The molecule has 2 atom stereocenters. The SMILES string of the molecule is CN(C)C(=O)C(Cc1ccc(C(=N)N)cc1)C(=O)N[C@H](C(=O)NCc1ccc(C(=N)N)cc1)C1CCCCC1.Cl. The standard InChI is InChI=1S/C29H39N7O3.ClH/c1-36(2)29(39)23(16-18-8-12-21(13-9-18)25(30)31)27(37)35-24(20-6-4-3-5-7-20)28(38)34-17-19-10-14-22(15-11-19)26(32)33;/h8-15,20,23-24H,3-7,16-17H2,1-2H3,(H3,30,31)(H3,32,33)(H,34,38)(H,35,37);1H/t23?,24-;/m0./s1. The van der Waals surface area contributed by atoms with E-state index in [4.69, 9.17) is 22.3 Å². The van der Waals surface area contributed by atoms with Crippen molar-refractivity contribution in [2.45, 2.75) is 51.1 Å². The average Bonchev–Trinajstić information content (AvgIpc) is 2.93. The smallest absolute Gasteiger partial charge is 0.243 e. The maximum Gasteiger partial charge on any atom is 0.243 e. The van der Waals surface area contributed by atoms with Gasteiger partial charge in [-0.1, -0.05) is 67.8 Å². The molecule has 11 heteroatoms. The van der Waals surface area contributed by atoms with Crippen LogP contribution in [0.1, 0.15) is 54.4 Å². The molecule has 2 aromatic rings. The third-order valence-corrected chi connectivity index (χ3v) is 7.19. The molecule has 1 aliphatic carbocycles. The molecule has 3 amide bonds. The van der Waals surface area contributed by atoms with Crippen LogP contribution in [0.4, 0.5) is 0 Å². The second-order valence-corrected chi connectivity index (χ2v) is 10.3. The lowest BCUT2D eigenvalue weighted by Gasteiger charge is -2.31. The number of hydrogen-bond donors (Lipinski definition) is 6. The Morgan fingerprint density at radius 3 is 1.82 bits per heavy atom. The van der Waals surface area contributed by atoms with E-state index in [1.165, 1.54) is 4.90 Å². The lowest BCUT2D eigenvalue weighted by Crippen LogP contribution is -2.54. The van der Waals surface area contributed by atoms with E-state index in [0.717, 1.165) is 43.2 Å². The highest BCUT2D eigenvalue weighted by Gasteiger charge is 2.35. The van der Waals surface area contributed by atoms with E-state index in [1.807, 2.05) is 0 Å². The molecule has 0 saturated heterocycles. The van der Waals surface area contributed by atoms with Crippen molar-refractivity contribution in [1.82, 2.24) is 15.5 Å². The van der Waals surface area contributed by atoms with E-state index in [-0.39, 0.29) is 54.8 Å². The highest BCUT2D eigenvalue weighted by molar-refractivity contribution is 6.02. The Bertz CT molecular complexity index is 1190. The summed E-state index contributed by atoms with van der Waals surface area (Å²) in [5.41, 5.74) is 13.8. The first-order valence-electron chi connectivity index (χ1n) is 13.2. The van der Waals surface area contributed by atoms with Crippen LogP contribution in [0.3, 0.4) is 0 Å². The maximum absolute atomic E-state index is 13.6. The monoisotopic (exact) mass is 569 g/mol. The predicted molar refractivity (Wildman–Crippen MR) is 158 cm³/mol. The molecule has 0 aromatic heterocycles. The molecule has 40 heavy (non-hydrogen) atoms. The Kier molecular flexibility index (Phi) is 12.1. The van der Waals surface area contributed by atoms with Gasteiger partial charge in [0.2, 0.25) is 17.7 Å². The van der Waals surface area contributed by atoms with Crippen LogP contribution in [0.25, 0.3) is 0 Å². The van der Waals surface area contributed by atoms with Gasteiger partial charge in [-0.15, -0.1) is 12.4 Å². The van der Waals surface area contributed by atoms with Crippen LogP contribution < -0.4 is 22.1 Å². The first-order chi connectivity index (χ1) is 18.6. The second-order valence-electron chi connectivity index (χ2n) is 10.3. The summed E-state index contributed by atoms with van der Waals surface area (Å²) in [6, 6.07) is 13.2. The molecule has 1 saturated carbocycles. The van der Waals surface area contributed by atoms with Gasteiger partial charge >= 0.3 is 0 Å². The number of carbonyl (C=O) groups excluding carboxylic acids is 3. The molecule has 0 aliphatic heterocycles. The van der Waals surface area contributed by atoms with Gasteiger partial charge in [0, 0.05) is 31.8 Å². The summed E-state index contributed by atoms with van der Waals surface area (Å²) in [6.45, 7) is 0.263. The van der Waals surface area contributed by atoms with Crippen molar-refractivity contribution in [3.05, 3.63) is 70.8 Å². The molecule has 10 nitrogen and oxygen atoms in total. The average molecular weight is 570 g/mol. The van der Waals surface area contributed by atoms with Crippen LogP contribution >= 0.6 is 12.4 Å². The Hall–Kier alpha value is -3.92. The van der Waals surface area contributed by atoms with Crippen LogP contribution in [0, 0.1) is 22.7 Å². The van der Waals surface area contributed by atoms with Gasteiger partial charge in [-0.05, 0) is 36.3 Å². The summed E-state index contributed by atoms with van der Waals surface area (Å²) in [4.78, 5) is 41.4. The molecular formula is C29H40ClN7O3. The van der Waals surface area contributed by atoms with Gasteiger partial charge in [-0.2, -0.15) is 0 Å². The maximum atomic E-state index is 13.6. The molecule has 3 rings (SSSR count). The van der Waals surface area contributed by atoms with Crippen molar-refractivity contribution in [1.29, 1.82) is 10.8 Å². The van der Waals surface area contributed by atoms with E-state index in [0.29, 0.717) is 11.1 Å². The van der Waals surface area contributed by atoms with E-state index in [1.54, 1.807) is 62.6 Å². The lowest BCUT2D eigenvalue weighted by atomic mass is 9.83. The topological polar surface area (TPSA) is 178 Å². The Morgan fingerprint density at radius 2 is 1.35 bits per heavy atom. The van der Waals surface area contributed by atoms with Gasteiger partial charge in [-0.25, -0.2) is 0 Å². The number of amides is 3. The molecular weight excluding hydrogens is 530 g/mol. The van der Waals surface area contributed by atoms with E-state index in [2.05, 4.69) is 10.6 Å². The van der Waals surface area contributed by atoms with Crippen molar-refractivity contribution < 1.29 is 14.4 Å². The Balaban J connectivity index is 0.00000560. The Morgan fingerprint density at radius 1 is 0.850 bits per heavy atom. The van der Waals surface area contributed by atoms with Gasteiger partial charge in [0.25, 0.3) is 0 Å². The number of nitrogens with two attached hydrogens (primary N) is 2. The van der Waals surface area contributed by atoms with E-state index >= 15 is 0 Å². The number of nitrogens with zero attached hydrogens (tertiary/aromatic N) is 1. The number of nitrogen functional groups attached to an aromatic ring is 2. The number of amidine groups is 2. The van der Waals surface area contributed by atoms with Crippen molar-refractivity contribution >= 4 is 41.8 Å². The number of halogens is 1. The van der Waals surface area contributed by atoms with Gasteiger partial charge in [0.05, 0.1) is 0 Å². The van der Waals surface area contributed by atoms with E-state index < -0.39 is 17.9 Å². The third-order valence-electron chi connectivity index (χ3n) is 7.19. The van der Waals surface area contributed by atoms with Crippen molar-refractivity contribution in [3.8, 4) is 0 Å². The molecule has 1 aliphatic rings. The summed E-state index contributed by atoms with van der Waals surface area (Å²) in [6.07, 6.45) is 4.87. The molecule has 1 unspecified atom stereocenters. The Labute approximate surface area is 241 Å². The van der Waals surface area contributed by atoms with Crippen LogP contribution in [-0.2, 0) is 27.3 Å². The van der Waals surface area contributed by atoms with Crippen LogP contribution in [-0.4, -0.2) is 54.4 Å². The minimum absolute atomic E-state index is 0.